The SMILES string of the molecule is C1C2CC3CC1CC(C2)C3N[C@H]1CN2CCC1CC2. The molecule has 7 rings (SSSR count). The van der Waals surface area contributed by atoms with Crippen LogP contribution in [0.25, 0.3) is 0 Å². The Labute approximate surface area is 117 Å². The fourth-order valence-electron chi connectivity index (χ4n) is 6.60. The van der Waals surface area contributed by atoms with Gasteiger partial charge in [0.1, 0.15) is 0 Å². The molecule has 2 heteroatoms. The van der Waals surface area contributed by atoms with Crippen LogP contribution in [0.4, 0.5) is 0 Å². The standard InChI is InChI=1S/C17H28N2/c1-3-19-4-2-13(1)16(10-19)18-17-14-6-11-5-12(8-14)9-15(17)7-11/h11-18H,1-10H2/t11?,12?,14?,15?,16-,17?/m0/s1. The summed E-state index contributed by atoms with van der Waals surface area (Å²) in [4.78, 5) is 2.70. The summed E-state index contributed by atoms with van der Waals surface area (Å²) in [5, 5.41) is 4.19. The summed E-state index contributed by atoms with van der Waals surface area (Å²) in [6.07, 6.45) is 10.8. The fourth-order valence-corrected chi connectivity index (χ4v) is 6.60. The molecule has 0 unspecified atom stereocenters. The molecule has 106 valence electrons. The van der Waals surface area contributed by atoms with E-state index in [0.717, 1.165) is 41.7 Å². The van der Waals surface area contributed by atoms with E-state index >= 15 is 0 Å². The third-order valence-electron chi connectivity index (χ3n) is 7.29. The van der Waals surface area contributed by atoms with Crippen LogP contribution in [0.3, 0.4) is 0 Å². The third kappa shape index (κ3) is 1.82. The van der Waals surface area contributed by atoms with Crippen LogP contribution in [-0.4, -0.2) is 36.6 Å². The fraction of sp³-hybridized carbons (Fsp3) is 1.00. The zero-order valence-corrected chi connectivity index (χ0v) is 12.1. The summed E-state index contributed by atoms with van der Waals surface area (Å²) in [5.41, 5.74) is 0. The van der Waals surface area contributed by atoms with E-state index in [1.165, 1.54) is 32.5 Å². The minimum Gasteiger partial charge on any atom is -0.309 e. The quantitative estimate of drug-likeness (QED) is 0.820. The first-order valence-corrected chi connectivity index (χ1v) is 8.83. The summed E-state index contributed by atoms with van der Waals surface area (Å²) < 4.78 is 0. The Morgan fingerprint density at radius 3 is 1.89 bits per heavy atom. The average Bonchev–Trinajstić information content (AvgIpc) is 2.43. The molecule has 1 atom stereocenters. The lowest BCUT2D eigenvalue weighted by Gasteiger charge is -2.56. The molecule has 1 N–H and O–H groups in total. The highest BCUT2D eigenvalue weighted by molar-refractivity contribution is 5.03. The molecule has 0 aromatic rings. The number of piperidine rings is 3. The number of fused-ring (bicyclic) bond motifs is 3. The predicted molar refractivity (Wildman–Crippen MR) is 76.9 cm³/mol. The number of nitrogens with one attached hydrogen (secondary N) is 1. The number of hydrogen-bond donors (Lipinski definition) is 1. The summed E-state index contributed by atoms with van der Waals surface area (Å²) in [6.45, 7) is 4.11. The van der Waals surface area contributed by atoms with Gasteiger partial charge in [0.25, 0.3) is 0 Å². The molecular formula is C17H28N2. The van der Waals surface area contributed by atoms with Crippen LogP contribution in [0.2, 0.25) is 0 Å². The van der Waals surface area contributed by atoms with Crippen molar-refractivity contribution >= 4 is 0 Å². The molecule has 3 heterocycles. The summed E-state index contributed by atoms with van der Waals surface area (Å²) in [7, 11) is 0. The van der Waals surface area contributed by atoms with Crippen LogP contribution in [0.1, 0.15) is 44.9 Å². The summed E-state index contributed by atoms with van der Waals surface area (Å²) in [5.74, 6) is 5.33. The molecule has 6 bridgehead atoms. The van der Waals surface area contributed by atoms with Gasteiger partial charge in [-0.15, -0.1) is 0 Å². The predicted octanol–water partition coefficient (Wildman–Crippen LogP) is 2.49. The van der Waals surface area contributed by atoms with Gasteiger partial charge in [0.05, 0.1) is 0 Å². The van der Waals surface area contributed by atoms with Crippen molar-refractivity contribution in [2.75, 3.05) is 19.6 Å². The lowest BCUT2D eigenvalue weighted by molar-refractivity contribution is -0.0318. The minimum atomic E-state index is 0.838. The van der Waals surface area contributed by atoms with E-state index in [2.05, 4.69) is 10.2 Å². The van der Waals surface area contributed by atoms with Crippen LogP contribution in [0.15, 0.2) is 0 Å². The maximum atomic E-state index is 4.19. The molecule has 7 fully saturated rings. The highest BCUT2D eigenvalue weighted by Gasteiger charge is 2.49. The lowest BCUT2D eigenvalue weighted by atomic mass is 9.54. The Morgan fingerprint density at radius 2 is 1.37 bits per heavy atom. The maximum absolute atomic E-state index is 4.19. The highest BCUT2D eigenvalue weighted by atomic mass is 15.2. The van der Waals surface area contributed by atoms with Gasteiger partial charge in [-0.2, -0.15) is 0 Å². The zero-order chi connectivity index (χ0) is 12.4. The second-order valence-corrected chi connectivity index (χ2v) is 8.37. The summed E-state index contributed by atoms with van der Waals surface area (Å²) >= 11 is 0. The second kappa shape index (κ2) is 4.21. The molecule has 4 saturated carbocycles. The van der Waals surface area contributed by atoms with Gasteiger partial charge in [-0.3, -0.25) is 0 Å². The topological polar surface area (TPSA) is 15.3 Å². The molecule has 4 aliphatic carbocycles. The van der Waals surface area contributed by atoms with Gasteiger partial charge in [0.2, 0.25) is 0 Å². The molecule has 0 aromatic carbocycles. The van der Waals surface area contributed by atoms with Gasteiger partial charge in [-0.1, -0.05) is 0 Å². The van der Waals surface area contributed by atoms with Gasteiger partial charge in [0.15, 0.2) is 0 Å². The van der Waals surface area contributed by atoms with Crippen molar-refractivity contribution in [3.8, 4) is 0 Å². The largest absolute Gasteiger partial charge is 0.309 e. The summed E-state index contributed by atoms with van der Waals surface area (Å²) in [6, 6.07) is 1.74. The van der Waals surface area contributed by atoms with Crippen molar-refractivity contribution in [3.05, 3.63) is 0 Å². The van der Waals surface area contributed by atoms with E-state index in [0.29, 0.717) is 0 Å². The van der Waals surface area contributed by atoms with Crippen LogP contribution < -0.4 is 5.32 Å². The van der Waals surface area contributed by atoms with Crippen molar-refractivity contribution in [1.29, 1.82) is 0 Å². The van der Waals surface area contributed by atoms with E-state index in [1.54, 1.807) is 32.1 Å². The van der Waals surface area contributed by atoms with Gasteiger partial charge in [-0.25, -0.2) is 0 Å². The van der Waals surface area contributed by atoms with Crippen LogP contribution in [0.5, 0.6) is 0 Å². The first kappa shape index (κ1) is 11.6. The molecule has 0 radical (unpaired) electrons. The van der Waals surface area contributed by atoms with Crippen LogP contribution in [-0.2, 0) is 0 Å². The van der Waals surface area contributed by atoms with Crippen molar-refractivity contribution in [1.82, 2.24) is 10.2 Å². The molecule has 7 aliphatic rings. The van der Waals surface area contributed by atoms with Crippen molar-refractivity contribution in [3.63, 3.8) is 0 Å². The Bertz CT molecular complexity index is 330. The second-order valence-electron chi connectivity index (χ2n) is 8.37. The molecule has 3 aliphatic heterocycles. The zero-order valence-electron chi connectivity index (χ0n) is 12.1. The molecule has 0 amide bonds. The molecule has 0 aromatic heterocycles. The van der Waals surface area contributed by atoms with Gasteiger partial charge >= 0.3 is 0 Å². The molecular weight excluding hydrogens is 232 g/mol. The first-order valence-electron chi connectivity index (χ1n) is 8.83. The molecule has 2 nitrogen and oxygen atoms in total. The third-order valence-corrected chi connectivity index (χ3v) is 7.29. The van der Waals surface area contributed by atoms with E-state index in [4.69, 9.17) is 0 Å². The Morgan fingerprint density at radius 1 is 0.737 bits per heavy atom. The molecule has 19 heavy (non-hydrogen) atoms. The van der Waals surface area contributed by atoms with E-state index in [9.17, 15) is 0 Å². The lowest BCUT2D eigenvalue weighted by Crippen LogP contribution is -2.63. The van der Waals surface area contributed by atoms with Crippen molar-refractivity contribution in [2.24, 2.45) is 29.6 Å². The molecule has 3 saturated heterocycles. The van der Waals surface area contributed by atoms with Crippen molar-refractivity contribution < 1.29 is 0 Å². The Hall–Kier alpha value is -0.0800. The average molecular weight is 260 g/mol. The Kier molecular flexibility index (Phi) is 2.56. The van der Waals surface area contributed by atoms with Crippen LogP contribution in [0, 0.1) is 29.6 Å². The smallest absolute Gasteiger partial charge is 0.0227 e. The maximum Gasteiger partial charge on any atom is 0.0227 e. The number of nitrogens with zero attached hydrogens (tertiary/aromatic N) is 1. The van der Waals surface area contributed by atoms with Gasteiger partial charge in [0, 0.05) is 18.6 Å². The normalized spacial score (nSPS) is 58.7. The molecule has 0 spiro atoms. The van der Waals surface area contributed by atoms with E-state index in [-0.39, 0.29) is 0 Å². The highest BCUT2D eigenvalue weighted by Crippen LogP contribution is 2.54. The number of rotatable bonds is 2. The Balaban J connectivity index is 1.31. The van der Waals surface area contributed by atoms with Crippen molar-refractivity contribution in [2.45, 2.75) is 57.0 Å². The van der Waals surface area contributed by atoms with Gasteiger partial charge in [-0.05, 0) is 87.6 Å². The monoisotopic (exact) mass is 260 g/mol. The van der Waals surface area contributed by atoms with Gasteiger partial charge < -0.3 is 10.2 Å². The first-order chi connectivity index (χ1) is 9.35. The number of hydrogen-bond acceptors (Lipinski definition) is 2. The van der Waals surface area contributed by atoms with Crippen LogP contribution >= 0.6 is 0 Å². The van der Waals surface area contributed by atoms with E-state index in [1.807, 2.05) is 0 Å². The minimum absolute atomic E-state index is 0.838. The van der Waals surface area contributed by atoms with E-state index < -0.39 is 0 Å².